The number of alkyl halides is 3. The largest absolute Gasteiger partial charge is 0.418 e. The van der Waals surface area contributed by atoms with E-state index >= 15 is 0 Å². The first kappa shape index (κ1) is 20.6. The number of carbonyl (C=O) groups excluding carboxylic acids is 2. The van der Waals surface area contributed by atoms with Crippen LogP contribution in [0, 0.1) is 13.8 Å². The molecule has 1 N–H and O–H groups in total. The number of nitrogens with zero attached hydrogens (tertiary/aromatic N) is 3. The highest BCUT2D eigenvalue weighted by Crippen LogP contribution is 2.35. The van der Waals surface area contributed by atoms with Crippen molar-refractivity contribution >= 4 is 18.0 Å². The Morgan fingerprint density at radius 1 is 1.14 bits per heavy atom. The molecule has 29 heavy (non-hydrogen) atoms. The maximum absolute atomic E-state index is 13.4. The Balaban J connectivity index is 1.81. The van der Waals surface area contributed by atoms with Crippen LogP contribution in [0.5, 0.6) is 0 Å². The van der Waals surface area contributed by atoms with Crippen LogP contribution in [0.3, 0.4) is 0 Å². The summed E-state index contributed by atoms with van der Waals surface area (Å²) in [7, 11) is 0. The number of likely N-dealkylation sites (tertiary alicyclic amines) is 1. The molecule has 9 heteroatoms. The lowest BCUT2D eigenvalue weighted by Gasteiger charge is -2.16. The Morgan fingerprint density at radius 2 is 1.79 bits per heavy atom. The lowest BCUT2D eigenvalue weighted by molar-refractivity contribution is -0.145. The van der Waals surface area contributed by atoms with Gasteiger partial charge < -0.3 is 9.47 Å². The average molecular weight is 406 g/mol. The smallest absolute Gasteiger partial charge is 0.334 e. The summed E-state index contributed by atoms with van der Waals surface area (Å²) in [5, 5.41) is 3.81. The highest BCUT2D eigenvalue weighted by Gasteiger charge is 2.34. The molecule has 154 valence electrons. The van der Waals surface area contributed by atoms with Crippen LogP contribution < -0.4 is 5.43 Å². The fourth-order valence-electron chi connectivity index (χ4n) is 3.47. The first-order valence-electron chi connectivity index (χ1n) is 9.18. The number of hydrogen-bond acceptors (Lipinski definition) is 3. The molecular weight excluding hydrogens is 385 g/mol. The minimum atomic E-state index is -4.49. The molecule has 0 bridgehead atoms. The highest BCUT2D eigenvalue weighted by atomic mass is 19.4. The lowest BCUT2D eigenvalue weighted by atomic mass is 10.1. The van der Waals surface area contributed by atoms with Gasteiger partial charge in [0.2, 0.25) is 0 Å². The molecular formula is C20H21F3N4O2. The number of para-hydroxylation sites is 1. The van der Waals surface area contributed by atoms with E-state index in [1.165, 1.54) is 27.8 Å². The molecule has 0 aliphatic carbocycles. The van der Waals surface area contributed by atoms with Gasteiger partial charge in [-0.3, -0.25) is 9.59 Å². The number of aryl methyl sites for hydroxylation is 1. The second-order valence-corrected chi connectivity index (χ2v) is 6.88. The monoisotopic (exact) mass is 406 g/mol. The number of aromatic nitrogens is 1. The first-order valence-corrected chi connectivity index (χ1v) is 9.18. The highest BCUT2D eigenvalue weighted by molar-refractivity contribution is 6.35. The zero-order valence-electron chi connectivity index (χ0n) is 16.1. The maximum Gasteiger partial charge on any atom is 0.418 e. The third kappa shape index (κ3) is 4.33. The molecule has 0 spiro atoms. The van der Waals surface area contributed by atoms with Crippen molar-refractivity contribution in [3.05, 3.63) is 52.8 Å². The van der Waals surface area contributed by atoms with Crippen molar-refractivity contribution in [2.45, 2.75) is 32.9 Å². The van der Waals surface area contributed by atoms with E-state index in [1.54, 1.807) is 26.0 Å². The van der Waals surface area contributed by atoms with Gasteiger partial charge in [0.05, 0.1) is 17.5 Å². The van der Waals surface area contributed by atoms with E-state index < -0.39 is 23.6 Å². The molecule has 0 atom stereocenters. The van der Waals surface area contributed by atoms with Crippen LogP contribution in [0.15, 0.2) is 35.4 Å². The predicted octanol–water partition coefficient (Wildman–Crippen LogP) is 3.19. The van der Waals surface area contributed by atoms with Crippen molar-refractivity contribution < 1.29 is 22.8 Å². The van der Waals surface area contributed by atoms with Crippen LogP contribution >= 0.6 is 0 Å². The Hall–Kier alpha value is -3.10. The Labute approximate surface area is 166 Å². The molecule has 1 aliphatic rings. The molecule has 3 rings (SSSR count). The summed E-state index contributed by atoms with van der Waals surface area (Å²) in [5.74, 6) is -1.47. The fraction of sp³-hybridized carbons (Fsp3) is 0.350. The summed E-state index contributed by atoms with van der Waals surface area (Å²) >= 11 is 0. The van der Waals surface area contributed by atoms with Gasteiger partial charge in [-0.25, -0.2) is 5.43 Å². The molecule has 1 aromatic carbocycles. The van der Waals surface area contributed by atoms with Gasteiger partial charge >= 0.3 is 18.0 Å². The minimum absolute atomic E-state index is 0.0166. The molecule has 6 nitrogen and oxygen atoms in total. The van der Waals surface area contributed by atoms with E-state index in [9.17, 15) is 22.8 Å². The topological polar surface area (TPSA) is 66.7 Å². The Kier molecular flexibility index (Phi) is 5.76. The van der Waals surface area contributed by atoms with Gasteiger partial charge in [-0.15, -0.1) is 0 Å². The van der Waals surface area contributed by atoms with Crippen LogP contribution in [-0.2, 0) is 15.8 Å². The standard InChI is InChI=1S/C20H21F3N4O2/c1-13-11-15(12-24-25-18(28)19(29)26-9-5-6-10-26)14(2)27(13)17-8-4-3-7-16(17)20(21,22)23/h3-4,7-8,11-12H,5-6,9-10H2,1-2H3,(H,25,28)/b24-12-. The van der Waals surface area contributed by atoms with Crippen molar-refractivity contribution in [1.82, 2.24) is 14.9 Å². The summed E-state index contributed by atoms with van der Waals surface area (Å²) in [6.45, 7) is 4.46. The van der Waals surface area contributed by atoms with Crippen LogP contribution in [0.2, 0.25) is 0 Å². The van der Waals surface area contributed by atoms with Crippen molar-refractivity contribution in [3.63, 3.8) is 0 Å². The van der Waals surface area contributed by atoms with Crippen molar-refractivity contribution in [2.24, 2.45) is 5.10 Å². The number of nitrogens with one attached hydrogen (secondary N) is 1. The van der Waals surface area contributed by atoms with E-state index in [-0.39, 0.29) is 5.69 Å². The number of halogens is 3. The van der Waals surface area contributed by atoms with Crippen LogP contribution in [0.1, 0.15) is 35.4 Å². The summed E-state index contributed by atoms with van der Waals surface area (Å²) < 4.78 is 41.6. The number of amides is 2. The number of benzene rings is 1. The molecule has 1 aliphatic heterocycles. The second-order valence-electron chi connectivity index (χ2n) is 6.88. The van der Waals surface area contributed by atoms with Gasteiger partial charge in [0.1, 0.15) is 0 Å². The third-order valence-electron chi connectivity index (χ3n) is 4.88. The summed E-state index contributed by atoms with van der Waals surface area (Å²) in [4.78, 5) is 25.3. The van der Waals surface area contributed by atoms with Crippen molar-refractivity contribution in [2.75, 3.05) is 13.1 Å². The van der Waals surface area contributed by atoms with Gasteiger partial charge in [-0.1, -0.05) is 12.1 Å². The van der Waals surface area contributed by atoms with E-state index in [0.29, 0.717) is 30.0 Å². The molecule has 1 saturated heterocycles. The molecule has 0 saturated carbocycles. The van der Waals surface area contributed by atoms with Gasteiger partial charge in [0, 0.05) is 30.0 Å². The van der Waals surface area contributed by atoms with Crippen LogP contribution in [-0.4, -0.2) is 40.6 Å². The van der Waals surface area contributed by atoms with Gasteiger partial charge in [0.25, 0.3) is 0 Å². The zero-order valence-corrected chi connectivity index (χ0v) is 16.1. The predicted molar refractivity (Wildman–Crippen MR) is 102 cm³/mol. The molecule has 1 aromatic heterocycles. The second kappa shape index (κ2) is 8.10. The average Bonchev–Trinajstić information content (AvgIpc) is 3.29. The molecule has 2 aromatic rings. The SMILES string of the molecule is Cc1cc(/C=N\NC(=O)C(=O)N2CCCC2)c(C)n1-c1ccccc1C(F)(F)F. The minimum Gasteiger partial charge on any atom is -0.334 e. The number of carbonyl (C=O) groups is 2. The fourth-order valence-corrected chi connectivity index (χ4v) is 3.47. The van der Waals surface area contributed by atoms with Crippen LogP contribution in [0.4, 0.5) is 13.2 Å². The number of rotatable bonds is 3. The third-order valence-corrected chi connectivity index (χ3v) is 4.88. The number of hydrogen-bond donors (Lipinski definition) is 1. The normalized spacial score (nSPS) is 14.6. The molecule has 1 fully saturated rings. The van der Waals surface area contributed by atoms with E-state index in [4.69, 9.17) is 0 Å². The van der Waals surface area contributed by atoms with Gasteiger partial charge in [-0.2, -0.15) is 18.3 Å². The maximum atomic E-state index is 13.4. The summed E-state index contributed by atoms with van der Waals surface area (Å²) in [5.41, 5.74) is 3.11. The van der Waals surface area contributed by atoms with Gasteiger partial charge in [-0.05, 0) is 44.9 Å². The summed E-state index contributed by atoms with van der Waals surface area (Å²) in [6, 6.07) is 6.99. The Bertz CT molecular complexity index is 957. The lowest BCUT2D eigenvalue weighted by Crippen LogP contribution is -2.39. The molecule has 0 radical (unpaired) electrons. The zero-order chi connectivity index (χ0) is 21.2. The van der Waals surface area contributed by atoms with E-state index in [1.807, 2.05) is 0 Å². The van der Waals surface area contributed by atoms with E-state index in [0.717, 1.165) is 18.9 Å². The van der Waals surface area contributed by atoms with E-state index in [2.05, 4.69) is 10.5 Å². The van der Waals surface area contributed by atoms with Gasteiger partial charge in [0.15, 0.2) is 0 Å². The molecule has 0 unspecified atom stereocenters. The molecule has 2 heterocycles. The van der Waals surface area contributed by atoms with Crippen molar-refractivity contribution in [1.29, 1.82) is 0 Å². The number of hydrazone groups is 1. The van der Waals surface area contributed by atoms with Crippen LogP contribution in [0.25, 0.3) is 5.69 Å². The van der Waals surface area contributed by atoms with Crippen molar-refractivity contribution in [3.8, 4) is 5.69 Å². The summed E-state index contributed by atoms with van der Waals surface area (Å²) in [6.07, 6.45) is -1.43. The quantitative estimate of drug-likeness (QED) is 0.483. The Morgan fingerprint density at radius 3 is 2.45 bits per heavy atom. The first-order chi connectivity index (χ1) is 13.7. The molecule has 2 amide bonds.